The van der Waals surface area contributed by atoms with Crippen LogP contribution in [0.5, 0.6) is 0 Å². The van der Waals surface area contributed by atoms with Crippen LogP contribution in [0.3, 0.4) is 0 Å². The Bertz CT molecular complexity index is 197. The number of ether oxygens (including phenoxy) is 2. The molecular formula is C14H29NO3. The van der Waals surface area contributed by atoms with E-state index in [1.54, 1.807) is 0 Å². The van der Waals surface area contributed by atoms with Crippen LogP contribution >= 0.6 is 0 Å². The van der Waals surface area contributed by atoms with Gasteiger partial charge in [0.25, 0.3) is 0 Å². The third kappa shape index (κ3) is 9.42. The second kappa shape index (κ2) is 12.8. The maximum atomic E-state index is 11.6. The molecule has 0 radical (unpaired) electrons. The summed E-state index contributed by atoms with van der Waals surface area (Å²) >= 11 is 0. The van der Waals surface area contributed by atoms with Crippen molar-refractivity contribution in [1.82, 2.24) is 5.32 Å². The van der Waals surface area contributed by atoms with E-state index in [0.29, 0.717) is 6.61 Å². The maximum absolute atomic E-state index is 11.6. The summed E-state index contributed by atoms with van der Waals surface area (Å²) in [5.41, 5.74) is 0. The van der Waals surface area contributed by atoms with Gasteiger partial charge in [-0.05, 0) is 32.7 Å². The van der Waals surface area contributed by atoms with E-state index in [9.17, 15) is 4.79 Å². The molecule has 0 aliphatic heterocycles. The van der Waals surface area contributed by atoms with E-state index >= 15 is 0 Å². The van der Waals surface area contributed by atoms with E-state index in [-0.39, 0.29) is 12.0 Å². The minimum Gasteiger partial charge on any atom is -0.465 e. The summed E-state index contributed by atoms with van der Waals surface area (Å²) in [6.45, 7) is 8.90. The zero-order valence-electron chi connectivity index (χ0n) is 12.2. The van der Waals surface area contributed by atoms with Crippen LogP contribution in [0.25, 0.3) is 0 Å². The summed E-state index contributed by atoms with van der Waals surface area (Å²) in [5.74, 6) is -0.133. The number of unbranched alkanes of at least 4 members (excludes halogenated alkanes) is 1. The average Bonchev–Trinajstić information content (AvgIpc) is 2.36. The Hall–Kier alpha value is -0.610. The van der Waals surface area contributed by atoms with Gasteiger partial charge in [-0.25, -0.2) is 0 Å². The van der Waals surface area contributed by atoms with Crippen molar-refractivity contribution in [2.75, 3.05) is 26.4 Å². The topological polar surface area (TPSA) is 47.6 Å². The first-order chi connectivity index (χ1) is 8.76. The Balaban J connectivity index is 3.60. The number of carbonyl (C=O) groups is 1. The molecule has 0 aromatic rings. The van der Waals surface area contributed by atoms with Crippen molar-refractivity contribution in [2.24, 2.45) is 0 Å². The van der Waals surface area contributed by atoms with Crippen molar-refractivity contribution in [2.45, 2.75) is 58.9 Å². The molecule has 0 fully saturated rings. The van der Waals surface area contributed by atoms with Crippen LogP contribution < -0.4 is 5.32 Å². The molecule has 0 saturated carbocycles. The van der Waals surface area contributed by atoms with Gasteiger partial charge in [0, 0.05) is 13.2 Å². The van der Waals surface area contributed by atoms with Gasteiger partial charge in [0.15, 0.2) is 0 Å². The molecule has 4 heteroatoms. The van der Waals surface area contributed by atoms with Crippen LogP contribution in [0.1, 0.15) is 52.9 Å². The van der Waals surface area contributed by atoms with E-state index in [4.69, 9.17) is 9.47 Å². The van der Waals surface area contributed by atoms with Gasteiger partial charge >= 0.3 is 5.97 Å². The molecule has 18 heavy (non-hydrogen) atoms. The highest BCUT2D eigenvalue weighted by molar-refractivity contribution is 5.75. The third-order valence-corrected chi connectivity index (χ3v) is 2.65. The van der Waals surface area contributed by atoms with E-state index < -0.39 is 0 Å². The van der Waals surface area contributed by atoms with Crippen LogP contribution in [0.15, 0.2) is 0 Å². The predicted octanol–water partition coefficient (Wildman–Crippen LogP) is 2.51. The second-order valence-corrected chi connectivity index (χ2v) is 4.37. The van der Waals surface area contributed by atoms with Crippen LogP contribution in [0.4, 0.5) is 0 Å². The number of nitrogens with one attached hydrogen (secondary N) is 1. The summed E-state index contributed by atoms with van der Waals surface area (Å²) in [6, 6.07) is -0.161. The van der Waals surface area contributed by atoms with E-state index in [1.165, 1.54) is 6.42 Å². The van der Waals surface area contributed by atoms with Crippen molar-refractivity contribution in [3.63, 3.8) is 0 Å². The van der Waals surface area contributed by atoms with E-state index in [2.05, 4.69) is 19.2 Å². The van der Waals surface area contributed by atoms with Crippen LogP contribution in [0.2, 0.25) is 0 Å². The standard InChI is InChI=1S/C14H29NO3/c1-4-7-11-17-12-8-10-15-13(9-5-2)14(16)18-6-3/h13,15H,4-12H2,1-3H3. The normalized spacial score (nSPS) is 12.4. The molecule has 1 N–H and O–H groups in total. The fourth-order valence-electron chi connectivity index (χ4n) is 1.63. The van der Waals surface area contributed by atoms with Gasteiger partial charge in [-0.2, -0.15) is 0 Å². The highest BCUT2D eigenvalue weighted by atomic mass is 16.5. The number of hydrogen-bond donors (Lipinski definition) is 1. The predicted molar refractivity (Wildman–Crippen MR) is 73.7 cm³/mol. The second-order valence-electron chi connectivity index (χ2n) is 4.37. The molecule has 1 atom stereocenters. The molecule has 0 aliphatic carbocycles. The molecule has 0 aliphatic rings. The molecule has 0 aromatic heterocycles. The van der Waals surface area contributed by atoms with Gasteiger partial charge in [-0.1, -0.05) is 26.7 Å². The Morgan fingerprint density at radius 3 is 2.44 bits per heavy atom. The van der Waals surface area contributed by atoms with Crippen molar-refractivity contribution >= 4 is 5.97 Å². The lowest BCUT2D eigenvalue weighted by atomic mass is 10.1. The Labute approximate surface area is 111 Å². The molecule has 108 valence electrons. The Morgan fingerprint density at radius 1 is 1.11 bits per heavy atom. The lowest BCUT2D eigenvalue weighted by Gasteiger charge is -2.16. The smallest absolute Gasteiger partial charge is 0.323 e. The highest BCUT2D eigenvalue weighted by Crippen LogP contribution is 2.00. The summed E-state index contributed by atoms with van der Waals surface area (Å²) in [7, 11) is 0. The third-order valence-electron chi connectivity index (χ3n) is 2.65. The zero-order valence-corrected chi connectivity index (χ0v) is 12.2. The summed E-state index contributed by atoms with van der Waals surface area (Å²) in [6.07, 6.45) is 5.02. The molecule has 0 saturated heterocycles. The first kappa shape index (κ1) is 17.4. The van der Waals surface area contributed by atoms with Gasteiger partial charge in [0.05, 0.1) is 6.61 Å². The molecule has 4 nitrogen and oxygen atoms in total. The fraction of sp³-hybridized carbons (Fsp3) is 0.929. The van der Waals surface area contributed by atoms with Gasteiger partial charge in [-0.15, -0.1) is 0 Å². The number of hydrogen-bond acceptors (Lipinski definition) is 4. The van der Waals surface area contributed by atoms with Gasteiger partial charge in [0.2, 0.25) is 0 Å². The Morgan fingerprint density at radius 2 is 1.83 bits per heavy atom. The SMILES string of the molecule is CCCCOCCCNC(CCC)C(=O)OCC. The maximum Gasteiger partial charge on any atom is 0.323 e. The number of esters is 1. The van der Waals surface area contributed by atoms with Crippen LogP contribution in [-0.2, 0) is 14.3 Å². The molecule has 0 amide bonds. The fourth-order valence-corrected chi connectivity index (χ4v) is 1.63. The minimum absolute atomic E-state index is 0.133. The molecule has 1 unspecified atom stereocenters. The quantitative estimate of drug-likeness (QED) is 0.432. The molecule has 0 aromatic carbocycles. The van der Waals surface area contributed by atoms with Gasteiger partial charge in [0.1, 0.15) is 6.04 Å². The molecular weight excluding hydrogens is 230 g/mol. The molecule has 0 bridgehead atoms. The van der Waals surface area contributed by atoms with Crippen molar-refractivity contribution < 1.29 is 14.3 Å². The first-order valence-electron chi connectivity index (χ1n) is 7.23. The van der Waals surface area contributed by atoms with Crippen LogP contribution in [-0.4, -0.2) is 38.4 Å². The van der Waals surface area contributed by atoms with Crippen LogP contribution in [0, 0.1) is 0 Å². The highest BCUT2D eigenvalue weighted by Gasteiger charge is 2.17. The largest absolute Gasteiger partial charge is 0.465 e. The van der Waals surface area contributed by atoms with E-state index in [1.807, 2.05) is 6.92 Å². The summed E-state index contributed by atoms with van der Waals surface area (Å²) in [5, 5.41) is 3.24. The number of carbonyl (C=O) groups excluding carboxylic acids is 1. The molecule has 0 spiro atoms. The Kier molecular flexibility index (Phi) is 12.4. The molecule has 0 rings (SSSR count). The van der Waals surface area contributed by atoms with Crippen molar-refractivity contribution in [1.29, 1.82) is 0 Å². The zero-order chi connectivity index (χ0) is 13.6. The van der Waals surface area contributed by atoms with Gasteiger partial charge in [-0.3, -0.25) is 4.79 Å². The lowest BCUT2D eigenvalue weighted by molar-refractivity contribution is -0.145. The summed E-state index contributed by atoms with van der Waals surface area (Å²) < 4.78 is 10.5. The summed E-state index contributed by atoms with van der Waals surface area (Å²) in [4.78, 5) is 11.6. The average molecular weight is 259 g/mol. The van der Waals surface area contributed by atoms with Crippen molar-refractivity contribution in [3.8, 4) is 0 Å². The minimum atomic E-state index is -0.161. The van der Waals surface area contributed by atoms with E-state index in [0.717, 1.165) is 45.4 Å². The van der Waals surface area contributed by atoms with Gasteiger partial charge < -0.3 is 14.8 Å². The van der Waals surface area contributed by atoms with Crippen molar-refractivity contribution in [3.05, 3.63) is 0 Å². The molecule has 0 heterocycles. The number of rotatable bonds is 12. The first-order valence-corrected chi connectivity index (χ1v) is 7.23. The lowest BCUT2D eigenvalue weighted by Crippen LogP contribution is -2.38. The monoisotopic (exact) mass is 259 g/mol.